The number of unbranched alkanes of at least 4 members (excludes halogenated alkanes) is 1. The standard InChI is InChI=1S/C14H22N2O2/c1-11(2)12-6-5-7-13(10-12)18-9-4-3-8-14(15)16-17/h5-7,10-11,17H,3-4,8-9H2,1-2H3,(H2,15,16). The van der Waals surface area contributed by atoms with Crippen LogP contribution in [0.5, 0.6) is 5.75 Å². The monoisotopic (exact) mass is 250 g/mol. The third-order valence-electron chi connectivity index (χ3n) is 2.75. The summed E-state index contributed by atoms with van der Waals surface area (Å²) in [6.07, 6.45) is 2.35. The van der Waals surface area contributed by atoms with Crippen LogP contribution in [0.3, 0.4) is 0 Å². The fourth-order valence-corrected chi connectivity index (χ4v) is 1.61. The van der Waals surface area contributed by atoms with E-state index in [0.717, 1.165) is 18.6 Å². The van der Waals surface area contributed by atoms with Gasteiger partial charge in [0.1, 0.15) is 11.6 Å². The highest BCUT2D eigenvalue weighted by molar-refractivity contribution is 5.79. The van der Waals surface area contributed by atoms with Crippen LogP contribution in [-0.2, 0) is 0 Å². The summed E-state index contributed by atoms with van der Waals surface area (Å²) in [4.78, 5) is 0. The molecule has 0 fully saturated rings. The zero-order chi connectivity index (χ0) is 13.4. The number of oxime groups is 1. The molecule has 0 bridgehead atoms. The maximum Gasteiger partial charge on any atom is 0.139 e. The number of benzene rings is 1. The Kier molecular flexibility index (Phi) is 6.05. The summed E-state index contributed by atoms with van der Waals surface area (Å²) < 4.78 is 5.67. The van der Waals surface area contributed by atoms with Gasteiger partial charge in [-0.2, -0.15) is 0 Å². The van der Waals surface area contributed by atoms with Crippen molar-refractivity contribution in [2.45, 2.75) is 39.0 Å². The second kappa shape index (κ2) is 7.58. The highest BCUT2D eigenvalue weighted by Crippen LogP contribution is 2.20. The molecule has 0 unspecified atom stereocenters. The lowest BCUT2D eigenvalue weighted by atomic mass is 10.0. The predicted molar refractivity (Wildman–Crippen MR) is 73.3 cm³/mol. The van der Waals surface area contributed by atoms with Crippen LogP contribution in [0.15, 0.2) is 29.4 Å². The molecule has 1 aromatic rings. The maximum atomic E-state index is 8.38. The Labute approximate surface area is 108 Å². The molecule has 1 aromatic carbocycles. The van der Waals surface area contributed by atoms with Gasteiger partial charge < -0.3 is 15.7 Å². The zero-order valence-electron chi connectivity index (χ0n) is 11.1. The van der Waals surface area contributed by atoms with Crippen molar-refractivity contribution in [3.8, 4) is 5.75 Å². The summed E-state index contributed by atoms with van der Waals surface area (Å²) in [5.41, 5.74) is 6.66. The summed E-state index contributed by atoms with van der Waals surface area (Å²) in [6, 6.07) is 8.17. The molecule has 0 radical (unpaired) electrons. The fourth-order valence-electron chi connectivity index (χ4n) is 1.61. The van der Waals surface area contributed by atoms with E-state index in [9.17, 15) is 0 Å². The second-order valence-corrected chi connectivity index (χ2v) is 4.62. The smallest absolute Gasteiger partial charge is 0.139 e. The second-order valence-electron chi connectivity index (χ2n) is 4.62. The van der Waals surface area contributed by atoms with Crippen molar-refractivity contribution in [2.24, 2.45) is 10.9 Å². The maximum absolute atomic E-state index is 8.38. The van der Waals surface area contributed by atoms with Crippen LogP contribution in [0, 0.1) is 0 Å². The molecule has 4 heteroatoms. The van der Waals surface area contributed by atoms with Gasteiger partial charge in [0.2, 0.25) is 0 Å². The van der Waals surface area contributed by atoms with Gasteiger partial charge >= 0.3 is 0 Å². The van der Waals surface area contributed by atoms with Crippen molar-refractivity contribution in [1.82, 2.24) is 0 Å². The van der Waals surface area contributed by atoms with Gasteiger partial charge in [0.25, 0.3) is 0 Å². The minimum absolute atomic E-state index is 0.275. The molecule has 4 nitrogen and oxygen atoms in total. The van der Waals surface area contributed by atoms with Gasteiger partial charge in [0, 0.05) is 6.42 Å². The van der Waals surface area contributed by atoms with Crippen LogP contribution in [0.1, 0.15) is 44.6 Å². The zero-order valence-corrected chi connectivity index (χ0v) is 11.1. The Morgan fingerprint density at radius 2 is 2.17 bits per heavy atom. The van der Waals surface area contributed by atoms with Crippen LogP contribution in [0.4, 0.5) is 0 Å². The van der Waals surface area contributed by atoms with Crippen LogP contribution in [-0.4, -0.2) is 17.6 Å². The average molecular weight is 250 g/mol. The largest absolute Gasteiger partial charge is 0.494 e. The molecule has 0 aromatic heterocycles. The first-order valence-corrected chi connectivity index (χ1v) is 6.32. The molecule has 0 aliphatic rings. The SMILES string of the molecule is CC(C)c1cccc(OCCCCC(N)=NO)c1. The molecule has 3 N–H and O–H groups in total. The Bertz CT molecular complexity index is 389. The molecule has 0 atom stereocenters. The highest BCUT2D eigenvalue weighted by Gasteiger charge is 2.01. The lowest BCUT2D eigenvalue weighted by Crippen LogP contribution is -2.11. The molecule has 0 saturated carbocycles. The summed E-state index contributed by atoms with van der Waals surface area (Å²) in [5.74, 6) is 1.69. The Morgan fingerprint density at radius 1 is 1.39 bits per heavy atom. The summed E-state index contributed by atoms with van der Waals surface area (Å²) >= 11 is 0. The van der Waals surface area contributed by atoms with E-state index < -0.39 is 0 Å². The van der Waals surface area contributed by atoms with E-state index >= 15 is 0 Å². The number of ether oxygens (including phenoxy) is 1. The van der Waals surface area contributed by atoms with E-state index in [1.54, 1.807) is 0 Å². The first kappa shape index (κ1) is 14.4. The summed E-state index contributed by atoms with van der Waals surface area (Å²) in [6.45, 7) is 4.98. The predicted octanol–water partition coefficient (Wildman–Crippen LogP) is 3.11. The van der Waals surface area contributed by atoms with Gasteiger partial charge in [-0.3, -0.25) is 0 Å². The van der Waals surface area contributed by atoms with Crippen LogP contribution in [0.25, 0.3) is 0 Å². The molecule has 0 aliphatic carbocycles. The quantitative estimate of drug-likeness (QED) is 0.257. The van der Waals surface area contributed by atoms with Crippen molar-refractivity contribution in [2.75, 3.05) is 6.61 Å². The minimum atomic E-state index is 0.275. The number of nitrogens with zero attached hydrogens (tertiary/aromatic N) is 1. The van der Waals surface area contributed by atoms with Gasteiger partial charge in [-0.1, -0.05) is 31.1 Å². The minimum Gasteiger partial charge on any atom is -0.494 e. The van der Waals surface area contributed by atoms with Crippen molar-refractivity contribution in [3.63, 3.8) is 0 Å². The van der Waals surface area contributed by atoms with E-state index in [2.05, 4.69) is 31.1 Å². The molecule has 0 spiro atoms. The first-order valence-electron chi connectivity index (χ1n) is 6.32. The lowest BCUT2D eigenvalue weighted by Gasteiger charge is -2.09. The molecule has 100 valence electrons. The number of nitrogens with two attached hydrogens (primary N) is 1. The van der Waals surface area contributed by atoms with E-state index in [1.165, 1.54) is 5.56 Å². The van der Waals surface area contributed by atoms with Gasteiger partial charge in [0.05, 0.1) is 6.61 Å². The third kappa shape index (κ3) is 5.08. The fraction of sp³-hybridized carbons (Fsp3) is 0.500. The molecular formula is C14H22N2O2. The average Bonchev–Trinajstić information content (AvgIpc) is 2.38. The Balaban J connectivity index is 2.29. The normalized spacial score (nSPS) is 11.8. The Hall–Kier alpha value is -1.71. The number of rotatable bonds is 7. The van der Waals surface area contributed by atoms with Gasteiger partial charge in [-0.15, -0.1) is 0 Å². The van der Waals surface area contributed by atoms with Crippen LogP contribution in [0.2, 0.25) is 0 Å². The lowest BCUT2D eigenvalue weighted by molar-refractivity contribution is 0.304. The van der Waals surface area contributed by atoms with Gasteiger partial charge in [-0.05, 0) is 36.5 Å². The van der Waals surface area contributed by atoms with Crippen molar-refractivity contribution >= 4 is 5.84 Å². The van der Waals surface area contributed by atoms with E-state index in [4.69, 9.17) is 15.7 Å². The van der Waals surface area contributed by atoms with E-state index in [-0.39, 0.29) is 5.84 Å². The van der Waals surface area contributed by atoms with Crippen molar-refractivity contribution < 1.29 is 9.94 Å². The molecule has 18 heavy (non-hydrogen) atoms. The van der Waals surface area contributed by atoms with Crippen molar-refractivity contribution in [1.29, 1.82) is 0 Å². The van der Waals surface area contributed by atoms with Gasteiger partial charge in [-0.25, -0.2) is 0 Å². The van der Waals surface area contributed by atoms with Crippen molar-refractivity contribution in [3.05, 3.63) is 29.8 Å². The third-order valence-corrected chi connectivity index (χ3v) is 2.75. The van der Waals surface area contributed by atoms with Crippen LogP contribution >= 0.6 is 0 Å². The summed E-state index contributed by atoms with van der Waals surface area (Å²) in [5, 5.41) is 11.3. The molecule has 0 saturated heterocycles. The van der Waals surface area contributed by atoms with Crippen LogP contribution < -0.4 is 10.5 Å². The first-order chi connectivity index (χ1) is 8.63. The van der Waals surface area contributed by atoms with E-state index in [0.29, 0.717) is 18.9 Å². The number of hydrogen-bond donors (Lipinski definition) is 2. The molecule has 0 amide bonds. The van der Waals surface area contributed by atoms with Gasteiger partial charge in [0.15, 0.2) is 0 Å². The highest BCUT2D eigenvalue weighted by atomic mass is 16.5. The molecule has 1 rings (SSSR count). The van der Waals surface area contributed by atoms with E-state index in [1.807, 2.05) is 12.1 Å². The molecule has 0 heterocycles. The molecule has 0 aliphatic heterocycles. The number of hydrogen-bond acceptors (Lipinski definition) is 3. The topological polar surface area (TPSA) is 67.8 Å². The number of amidine groups is 1. The molecular weight excluding hydrogens is 228 g/mol. The summed E-state index contributed by atoms with van der Waals surface area (Å²) in [7, 11) is 0. The Morgan fingerprint density at radius 3 is 2.83 bits per heavy atom.